The summed E-state index contributed by atoms with van der Waals surface area (Å²) < 4.78 is 0. The first-order valence-electron chi connectivity index (χ1n) is 7.81. The molecule has 118 valence electrons. The van der Waals surface area contributed by atoms with Gasteiger partial charge in [0.1, 0.15) is 0 Å². The van der Waals surface area contributed by atoms with Gasteiger partial charge in [0, 0.05) is 22.8 Å². The van der Waals surface area contributed by atoms with Crippen molar-refractivity contribution in [1.29, 1.82) is 0 Å². The Morgan fingerprint density at radius 1 is 0.667 bits per heavy atom. The molecule has 0 aromatic heterocycles. The Balaban J connectivity index is 0. The fraction of sp³-hybridized carbons (Fsp3) is 0.875. The molecular weight excluding hydrogens is 296 g/mol. The van der Waals surface area contributed by atoms with E-state index in [4.69, 9.17) is 0 Å². The smallest absolute Gasteiger partial charge is 0.550 e. The molecule has 0 aliphatic rings. The number of carbonyl (C=O) groups is 2. The van der Waals surface area contributed by atoms with Gasteiger partial charge in [-0.25, -0.2) is 0 Å². The van der Waals surface area contributed by atoms with Crippen LogP contribution in [0.5, 0.6) is 0 Å². The summed E-state index contributed by atoms with van der Waals surface area (Å²) in [5.74, 6) is -2.46. The third-order valence-corrected chi connectivity index (χ3v) is 4.40. The van der Waals surface area contributed by atoms with Gasteiger partial charge < -0.3 is 19.8 Å². The van der Waals surface area contributed by atoms with Gasteiger partial charge in [-0.15, -0.1) is 0 Å². The zero-order chi connectivity index (χ0) is 15.8. The quantitative estimate of drug-likeness (QED) is 0.536. The third kappa shape index (κ3) is 4.83. The molecule has 0 amide bonds. The fourth-order valence-corrected chi connectivity index (χ4v) is 3.71. The zero-order valence-electron chi connectivity index (χ0n) is 14.0. The van der Waals surface area contributed by atoms with Gasteiger partial charge in [-0.1, -0.05) is 53.4 Å². The molecule has 0 atom stereocenters. The molecule has 0 heterocycles. The van der Waals surface area contributed by atoms with Crippen LogP contribution in [0.4, 0.5) is 0 Å². The predicted octanol–water partition coefficient (Wildman–Crippen LogP) is 1.28. The van der Waals surface area contributed by atoms with Crippen molar-refractivity contribution in [2.75, 3.05) is 0 Å². The second-order valence-electron chi connectivity index (χ2n) is 5.74. The van der Waals surface area contributed by atoms with Crippen molar-refractivity contribution in [2.24, 2.45) is 10.8 Å². The molecule has 5 heteroatoms. The molecule has 0 N–H and O–H groups in total. The summed E-state index contributed by atoms with van der Waals surface area (Å²) in [6, 6.07) is 0. The summed E-state index contributed by atoms with van der Waals surface area (Å²) in [6.45, 7) is 7.52. The summed E-state index contributed by atoms with van der Waals surface area (Å²) in [6.07, 6.45) is 3.81. The molecule has 0 saturated carbocycles. The molecule has 0 aromatic rings. The topological polar surface area (TPSA) is 80.3 Å². The van der Waals surface area contributed by atoms with Crippen LogP contribution in [0.15, 0.2) is 0 Å². The molecular formula is C16H28CaO4. The first kappa shape index (κ1) is 23.5. The van der Waals surface area contributed by atoms with Crippen molar-refractivity contribution in [3.05, 3.63) is 0 Å². The van der Waals surface area contributed by atoms with Gasteiger partial charge in [-0.2, -0.15) is 0 Å². The van der Waals surface area contributed by atoms with Crippen molar-refractivity contribution < 1.29 is 19.8 Å². The summed E-state index contributed by atoms with van der Waals surface area (Å²) in [5.41, 5.74) is -2.64. The Labute approximate surface area is 158 Å². The van der Waals surface area contributed by atoms with Crippen LogP contribution in [0.2, 0.25) is 0 Å². The average Bonchev–Trinajstić information content (AvgIpc) is 2.37. The van der Waals surface area contributed by atoms with Gasteiger partial charge in [0.05, 0.1) is 0 Å². The molecule has 0 aliphatic carbocycles. The van der Waals surface area contributed by atoms with E-state index in [-0.39, 0.29) is 37.7 Å². The largest absolute Gasteiger partial charge is 2.00 e. The number of hydrogen-bond donors (Lipinski definition) is 0. The summed E-state index contributed by atoms with van der Waals surface area (Å²) in [4.78, 5) is 23.8. The van der Waals surface area contributed by atoms with Crippen molar-refractivity contribution in [1.82, 2.24) is 0 Å². The van der Waals surface area contributed by atoms with Crippen LogP contribution >= 0.6 is 0 Å². The maximum Gasteiger partial charge on any atom is 2.00 e. The number of aliphatic carboxylic acids is 2. The monoisotopic (exact) mass is 324 g/mol. The normalized spacial score (nSPS) is 11.8. The van der Waals surface area contributed by atoms with Crippen LogP contribution in [0.3, 0.4) is 0 Å². The molecule has 0 aliphatic heterocycles. The Bertz CT molecular complexity index is 284. The SMILES string of the molecule is CCCC(CCC)(C(=O)[O-])C(CCC)(CCC)C(=O)[O-].[Ca+2]. The van der Waals surface area contributed by atoms with E-state index in [0.717, 1.165) is 0 Å². The molecule has 21 heavy (non-hydrogen) atoms. The van der Waals surface area contributed by atoms with Gasteiger partial charge in [0.2, 0.25) is 0 Å². The van der Waals surface area contributed by atoms with E-state index >= 15 is 0 Å². The van der Waals surface area contributed by atoms with Crippen LogP contribution in [0, 0.1) is 10.8 Å². The first-order valence-corrected chi connectivity index (χ1v) is 7.81. The Kier molecular flexibility index (Phi) is 12.1. The molecule has 0 bridgehead atoms. The minimum atomic E-state index is -1.32. The number of carboxylic acid groups (broad SMARTS) is 2. The third-order valence-electron chi connectivity index (χ3n) is 4.40. The molecule has 0 rings (SSSR count). The average molecular weight is 324 g/mol. The molecule has 4 nitrogen and oxygen atoms in total. The number of carboxylic acids is 2. The Morgan fingerprint density at radius 2 is 0.857 bits per heavy atom. The Hall–Kier alpha value is 0.200. The number of carbonyl (C=O) groups excluding carboxylic acids is 2. The molecule has 0 unspecified atom stereocenters. The summed E-state index contributed by atoms with van der Waals surface area (Å²) in [5, 5.41) is 23.8. The van der Waals surface area contributed by atoms with Crippen LogP contribution in [-0.2, 0) is 9.59 Å². The molecule has 0 aromatic carbocycles. The van der Waals surface area contributed by atoms with E-state index < -0.39 is 22.8 Å². The molecule has 0 radical (unpaired) electrons. The van der Waals surface area contributed by atoms with Crippen molar-refractivity contribution in [3.8, 4) is 0 Å². The number of rotatable bonds is 11. The summed E-state index contributed by atoms with van der Waals surface area (Å²) in [7, 11) is 0. The Morgan fingerprint density at radius 3 is 0.952 bits per heavy atom. The van der Waals surface area contributed by atoms with Crippen LogP contribution < -0.4 is 10.2 Å². The summed E-state index contributed by atoms with van der Waals surface area (Å²) >= 11 is 0. The van der Waals surface area contributed by atoms with E-state index in [2.05, 4.69) is 0 Å². The second kappa shape index (κ2) is 10.8. The number of hydrogen-bond acceptors (Lipinski definition) is 4. The molecule has 0 spiro atoms. The van der Waals surface area contributed by atoms with Gasteiger partial charge in [-0.05, 0) is 25.7 Å². The maximum atomic E-state index is 11.9. The van der Waals surface area contributed by atoms with Crippen molar-refractivity contribution in [3.63, 3.8) is 0 Å². The minimum absolute atomic E-state index is 0. The van der Waals surface area contributed by atoms with Gasteiger partial charge in [0.25, 0.3) is 0 Å². The van der Waals surface area contributed by atoms with Crippen LogP contribution in [0.25, 0.3) is 0 Å². The van der Waals surface area contributed by atoms with Crippen LogP contribution in [-0.4, -0.2) is 49.7 Å². The minimum Gasteiger partial charge on any atom is -0.550 e. The van der Waals surface area contributed by atoms with E-state index in [1.165, 1.54) is 0 Å². The fourth-order valence-electron chi connectivity index (χ4n) is 3.71. The van der Waals surface area contributed by atoms with E-state index in [1.54, 1.807) is 0 Å². The second-order valence-corrected chi connectivity index (χ2v) is 5.74. The van der Waals surface area contributed by atoms with E-state index in [9.17, 15) is 19.8 Å². The van der Waals surface area contributed by atoms with Crippen molar-refractivity contribution in [2.45, 2.75) is 79.1 Å². The maximum absolute atomic E-state index is 11.9. The molecule has 0 fully saturated rings. The van der Waals surface area contributed by atoms with Crippen molar-refractivity contribution >= 4 is 49.7 Å². The van der Waals surface area contributed by atoms with E-state index in [1.807, 2.05) is 27.7 Å². The standard InChI is InChI=1S/C16H30O4.Ca/c1-5-9-15(10-6-2,13(17)18)16(11-7-3,12-8-4)14(19)20;/h5-12H2,1-4H3,(H,17,18)(H,19,20);/q;+2/p-2. The predicted molar refractivity (Wildman–Crippen MR) is 80.3 cm³/mol. The van der Waals surface area contributed by atoms with E-state index in [0.29, 0.717) is 51.4 Å². The van der Waals surface area contributed by atoms with Crippen LogP contribution in [0.1, 0.15) is 79.1 Å². The molecule has 0 saturated heterocycles. The van der Waals surface area contributed by atoms with Gasteiger partial charge >= 0.3 is 37.7 Å². The first-order chi connectivity index (χ1) is 9.38. The van der Waals surface area contributed by atoms with Gasteiger partial charge in [0.15, 0.2) is 0 Å². The zero-order valence-corrected chi connectivity index (χ0v) is 16.2. The van der Waals surface area contributed by atoms with Gasteiger partial charge in [-0.3, -0.25) is 0 Å².